The average molecular weight is 308 g/mol. The number of hydrogen-bond donors (Lipinski definition) is 1. The molecule has 0 spiro atoms. The van der Waals surface area contributed by atoms with E-state index < -0.39 is 0 Å². The predicted octanol–water partition coefficient (Wildman–Crippen LogP) is 6.73. The van der Waals surface area contributed by atoms with E-state index in [2.05, 4.69) is 24.4 Å². The van der Waals surface area contributed by atoms with Gasteiger partial charge in [0.15, 0.2) is 0 Å². The number of rotatable bonds is 2. The van der Waals surface area contributed by atoms with Crippen LogP contribution in [0.25, 0.3) is 0 Å². The van der Waals surface area contributed by atoms with Gasteiger partial charge in [0.25, 0.3) is 0 Å². The zero-order valence-corrected chi connectivity index (χ0v) is 14.2. The van der Waals surface area contributed by atoms with Gasteiger partial charge in [0, 0.05) is 6.04 Å². The highest BCUT2D eigenvalue weighted by Crippen LogP contribution is 2.26. The summed E-state index contributed by atoms with van der Waals surface area (Å²) in [6.07, 6.45) is 15.2. The second-order valence-electron chi connectivity index (χ2n) is 6.58. The molecule has 1 aromatic rings. The Labute approximate surface area is 135 Å². The summed E-state index contributed by atoms with van der Waals surface area (Å²) in [5.74, 6) is 0. The van der Waals surface area contributed by atoms with E-state index in [0.717, 1.165) is 10.7 Å². The van der Waals surface area contributed by atoms with Crippen molar-refractivity contribution in [2.75, 3.05) is 5.32 Å². The molecular formula is C19H30ClN. The second-order valence-corrected chi connectivity index (χ2v) is 6.99. The number of nitrogens with one attached hydrogen (secondary N) is 1. The fraction of sp³-hybridized carbons (Fsp3) is 0.684. The molecule has 1 saturated carbocycles. The van der Waals surface area contributed by atoms with Crippen molar-refractivity contribution in [3.8, 4) is 0 Å². The van der Waals surface area contributed by atoms with Crippen LogP contribution in [0.15, 0.2) is 18.2 Å². The Bertz CT molecular complexity index is 404. The first-order chi connectivity index (χ1) is 10.3. The number of benzene rings is 1. The lowest BCUT2D eigenvalue weighted by molar-refractivity contribution is 0.480. The van der Waals surface area contributed by atoms with Crippen LogP contribution in [-0.4, -0.2) is 6.04 Å². The largest absolute Gasteiger partial charge is 0.381 e. The number of halogens is 1. The van der Waals surface area contributed by atoms with Crippen LogP contribution in [0.3, 0.4) is 0 Å². The molecule has 118 valence electrons. The van der Waals surface area contributed by atoms with Crippen molar-refractivity contribution in [2.24, 2.45) is 0 Å². The number of hydrogen-bond acceptors (Lipinski definition) is 1. The monoisotopic (exact) mass is 307 g/mol. The van der Waals surface area contributed by atoms with E-state index >= 15 is 0 Å². The minimum atomic E-state index is 0.587. The summed E-state index contributed by atoms with van der Waals surface area (Å²) >= 11 is 6.33. The van der Waals surface area contributed by atoms with Crippen molar-refractivity contribution in [1.82, 2.24) is 0 Å². The molecule has 1 nitrogen and oxygen atoms in total. The molecule has 1 fully saturated rings. The molecule has 0 bridgehead atoms. The Morgan fingerprint density at radius 2 is 1.38 bits per heavy atom. The summed E-state index contributed by atoms with van der Waals surface area (Å²) in [6, 6.07) is 6.85. The first-order valence-electron chi connectivity index (χ1n) is 8.78. The van der Waals surface area contributed by atoms with Gasteiger partial charge in [-0.3, -0.25) is 0 Å². The van der Waals surface area contributed by atoms with Crippen LogP contribution in [0.5, 0.6) is 0 Å². The van der Waals surface area contributed by atoms with Crippen molar-refractivity contribution in [2.45, 2.75) is 83.6 Å². The van der Waals surface area contributed by atoms with Crippen molar-refractivity contribution >= 4 is 17.3 Å². The van der Waals surface area contributed by atoms with E-state index in [1.807, 2.05) is 6.07 Å². The Kier molecular flexibility index (Phi) is 7.43. The lowest BCUT2D eigenvalue weighted by Gasteiger charge is -2.21. The molecule has 0 atom stereocenters. The average Bonchev–Trinajstić information content (AvgIpc) is 2.45. The number of anilines is 1. The lowest BCUT2D eigenvalue weighted by atomic mass is 9.97. The summed E-state index contributed by atoms with van der Waals surface area (Å²) in [6.45, 7) is 2.13. The van der Waals surface area contributed by atoms with E-state index in [0.29, 0.717) is 6.04 Å². The molecule has 1 aliphatic carbocycles. The number of aryl methyl sites for hydroxylation is 1. The Hall–Kier alpha value is -0.690. The Morgan fingerprint density at radius 3 is 1.95 bits per heavy atom. The van der Waals surface area contributed by atoms with Gasteiger partial charge in [-0.25, -0.2) is 0 Å². The minimum Gasteiger partial charge on any atom is -0.381 e. The maximum atomic E-state index is 6.33. The van der Waals surface area contributed by atoms with Crippen LogP contribution < -0.4 is 5.32 Å². The fourth-order valence-electron chi connectivity index (χ4n) is 3.28. The molecule has 21 heavy (non-hydrogen) atoms. The smallest absolute Gasteiger partial charge is 0.0637 e. The van der Waals surface area contributed by atoms with Crippen molar-refractivity contribution in [3.05, 3.63) is 28.8 Å². The maximum Gasteiger partial charge on any atom is 0.0637 e. The van der Waals surface area contributed by atoms with Crippen molar-refractivity contribution < 1.29 is 0 Å². The maximum absolute atomic E-state index is 6.33. The van der Waals surface area contributed by atoms with Gasteiger partial charge >= 0.3 is 0 Å². The molecule has 2 heteroatoms. The van der Waals surface area contributed by atoms with Crippen LogP contribution in [0.4, 0.5) is 5.69 Å². The standard InChI is InChI=1S/C19H30ClN/c1-16-13-14-18(20)19(15-16)21-17-11-9-7-5-3-2-4-6-8-10-12-17/h13-15,17,21H,2-12H2,1H3. The molecule has 0 heterocycles. The molecule has 0 saturated heterocycles. The van der Waals surface area contributed by atoms with Gasteiger partial charge in [-0.15, -0.1) is 0 Å². The van der Waals surface area contributed by atoms with E-state index in [1.54, 1.807) is 0 Å². The van der Waals surface area contributed by atoms with Gasteiger partial charge in [0.05, 0.1) is 10.7 Å². The minimum absolute atomic E-state index is 0.587. The topological polar surface area (TPSA) is 12.0 Å². The molecule has 1 aromatic carbocycles. The molecule has 0 aliphatic heterocycles. The zero-order valence-electron chi connectivity index (χ0n) is 13.5. The van der Waals surface area contributed by atoms with E-state index in [1.165, 1.54) is 76.2 Å². The van der Waals surface area contributed by atoms with Crippen LogP contribution in [0.1, 0.15) is 76.2 Å². The van der Waals surface area contributed by atoms with E-state index in [9.17, 15) is 0 Å². The highest BCUT2D eigenvalue weighted by Gasteiger charge is 2.11. The van der Waals surface area contributed by atoms with E-state index in [-0.39, 0.29) is 0 Å². The summed E-state index contributed by atoms with van der Waals surface area (Å²) < 4.78 is 0. The molecule has 1 N–H and O–H groups in total. The first-order valence-corrected chi connectivity index (χ1v) is 9.16. The summed E-state index contributed by atoms with van der Waals surface area (Å²) in [5, 5.41) is 4.56. The van der Waals surface area contributed by atoms with Gasteiger partial charge in [0.2, 0.25) is 0 Å². The van der Waals surface area contributed by atoms with Crippen molar-refractivity contribution in [3.63, 3.8) is 0 Å². The zero-order chi connectivity index (χ0) is 14.9. The Balaban J connectivity index is 1.92. The van der Waals surface area contributed by atoms with Crippen LogP contribution in [0, 0.1) is 6.92 Å². The van der Waals surface area contributed by atoms with Gasteiger partial charge in [-0.2, -0.15) is 0 Å². The molecule has 0 amide bonds. The van der Waals surface area contributed by atoms with Gasteiger partial charge in [-0.1, -0.05) is 75.5 Å². The summed E-state index contributed by atoms with van der Waals surface area (Å²) in [7, 11) is 0. The molecular weight excluding hydrogens is 278 g/mol. The molecule has 0 aromatic heterocycles. The highest BCUT2D eigenvalue weighted by molar-refractivity contribution is 6.33. The molecule has 0 unspecified atom stereocenters. The fourth-order valence-corrected chi connectivity index (χ4v) is 3.45. The SMILES string of the molecule is Cc1ccc(Cl)c(NC2CCCCCCCCCCC2)c1. The highest BCUT2D eigenvalue weighted by atomic mass is 35.5. The third-order valence-corrected chi connectivity index (χ3v) is 4.92. The van der Waals surface area contributed by atoms with Crippen LogP contribution in [-0.2, 0) is 0 Å². The lowest BCUT2D eigenvalue weighted by Crippen LogP contribution is -2.20. The van der Waals surface area contributed by atoms with Gasteiger partial charge in [0.1, 0.15) is 0 Å². The normalized spacial score (nSPS) is 19.5. The molecule has 0 radical (unpaired) electrons. The van der Waals surface area contributed by atoms with Crippen molar-refractivity contribution in [1.29, 1.82) is 0 Å². The van der Waals surface area contributed by atoms with Gasteiger partial charge in [-0.05, 0) is 37.5 Å². The quantitative estimate of drug-likeness (QED) is 0.638. The van der Waals surface area contributed by atoms with E-state index in [4.69, 9.17) is 11.6 Å². The third kappa shape index (κ3) is 6.30. The Morgan fingerprint density at radius 1 is 0.857 bits per heavy atom. The van der Waals surface area contributed by atoms with Crippen LogP contribution in [0.2, 0.25) is 5.02 Å². The molecule has 2 rings (SSSR count). The third-order valence-electron chi connectivity index (χ3n) is 4.59. The first kappa shape index (κ1) is 16.7. The second kappa shape index (κ2) is 9.35. The summed E-state index contributed by atoms with van der Waals surface area (Å²) in [4.78, 5) is 0. The molecule has 1 aliphatic rings. The summed E-state index contributed by atoms with van der Waals surface area (Å²) in [5.41, 5.74) is 2.39. The van der Waals surface area contributed by atoms with Crippen LogP contribution >= 0.6 is 11.6 Å². The van der Waals surface area contributed by atoms with Gasteiger partial charge < -0.3 is 5.32 Å². The predicted molar refractivity (Wildman–Crippen MR) is 94.4 cm³/mol.